The number of aliphatic imine (C=N–C) groups is 1. The lowest BCUT2D eigenvalue weighted by Gasteiger charge is -2.09. The summed E-state index contributed by atoms with van der Waals surface area (Å²) in [6.45, 7) is 0.308. The summed E-state index contributed by atoms with van der Waals surface area (Å²) in [6, 6.07) is 16.7. The lowest BCUT2D eigenvalue weighted by atomic mass is 10.0. The number of hydrogen-bond acceptors (Lipinski definition) is 3. The Morgan fingerprint density at radius 2 is 1.61 bits per heavy atom. The van der Waals surface area contributed by atoms with Gasteiger partial charge in [-0.2, -0.15) is 0 Å². The topological polar surface area (TPSA) is 52.8 Å². The molecule has 0 aliphatic heterocycles. The van der Waals surface area contributed by atoms with Crippen molar-refractivity contribution in [2.24, 2.45) is 4.99 Å². The van der Waals surface area contributed by atoms with E-state index in [0.29, 0.717) is 17.8 Å². The van der Waals surface area contributed by atoms with Crippen molar-refractivity contribution in [2.75, 3.05) is 13.2 Å². The van der Waals surface area contributed by atoms with Crippen molar-refractivity contribution in [3.8, 4) is 5.75 Å². The minimum absolute atomic E-state index is 0.00999. The van der Waals surface area contributed by atoms with Gasteiger partial charge in [-0.1, -0.05) is 42.5 Å². The number of nitrogens with zero attached hydrogens (tertiary/aromatic N) is 1. The molecule has 0 saturated carbocycles. The van der Waals surface area contributed by atoms with E-state index >= 15 is 0 Å². The molecule has 0 radical (unpaired) electrons. The molecule has 0 atom stereocenters. The van der Waals surface area contributed by atoms with Gasteiger partial charge in [0.05, 0.1) is 18.9 Å². The summed E-state index contributed by atoms with van der Waals surface area (Å²) in [6.07, 6.45) is 0. The van der Waals surface area contributed by atoms with Crippen LogP contribution in [-0.4, -0.2) is 29.1 Å². The van der Waals surface area contributed by atoms with Crippen LogP contribution in [-0.2, 0) is 0 Å². The van der Waals surface area contributed by atoms with Crippen molar-refractivity contribution in [3.05, 3.63) is 65.7 Å². The molecule has 0 aliphatic rings. The van der Waals surface area contributed by atoms with E-state index in [4.69, 9.17) is 5.11 Å². The molecule has 2 N–H and O–H groups in total. The van der Waals surface area contributed by atoms with Crippen molar-refractivity contribution in [1.29, 1.82) is 0 Å². The van der Waals surface area contributed by atoms with Crippen molar-refractivity contribution in [3.63, 3.8) is 0 Å². The number of rotatable bonds is 4. The molecular weight excluding hydrogens is 226 g/mol. The number of benzene rings is 2. The van der Waals surface area contributed by atoms with Gasteiger partial charge in [0, 0.05) is 11.1 Å². The summed E-state index contributed by atoms with van der Waals surface area (Å²) < 4.78 is 0. The van der Waals surface area contributed by atoms with Crippen molar-refractivity contribution in [1.82, 2.24) is 0 Å². The van der Waals surface area contributed by atoms with Gasteiger partial charge in [-0.15, -0.1) is 0 Å². The minimum Gasteiger partial charge on any atom is -0.507 e. The number of phenolic OH excluding ortho intramolecular Hbond substituents is 1. The second kappa shape index (κ2) is 5.98. The molecule has 2 rings (SSSR count). The predicted molar refractivity (Wildman–Crippen MR) is 72.1 cm³/mol. The molecule has 0 unspecified atom stereocenters. The van der Waals surface area contributed by atoms with Gasteiger partial charge in [-0.05, 0) is 12.1 Å². The number of aliphatic hydroxyl groups excluding tert-OH is 1. The molecular formula is C15H15NO2. The molecule has 0 aliphatic carbocycles. The zero-order valence-electron chi connectivity index (χ0n) is 9.95. The third-order valence-electron chi connectivity index (χ3n) is 2.58. The number of phenols is 1. The predicted octanol–water partition coefficient (Wildman–Crippen LogP) is 2.22. The Hall–Kier alpha value is -2.13. The standard InChI is InChI=1S/C15H15NO2/c17-11-10-16-15(12-6-2-1-3-7-12)13-8-4-5-9-14(13)18/h1-9,17-18H,10-11H2. The molecule has 0 saturated heterocycles. The van der Waals surface area contributed by atoms with E-state index in [9.17, 15) is 5.11 Å². The summed E-state index contributed by atoms with van der Waals surface area (Å²) in [7, 11) is 0. The van der Waals surface area contributed by atoms with Crippen LogP contribution in [0.5, 0.6) is 5.75 Å². The minimum atomic E-state index is -0.00999. The Bertz CT molecular complexity index is 535. The molecule has 2 aromatic rings. The van der Waals surface area contributed by atoms with Crippen LogP contribution in [0.1, 0.15) is 11.1 Å². The van der Waals surface area contributed by atoms with Crippen LogP contribution >= 0.6 is 0 Å². The Balaban J connectivity index is 2.48. The van der Waals surface area contributed by atoms with Gasteiger partial charge in [-0.3, -0.25) is 4.99 Å². The molecule has 92 valence electrons. The Kier molecular flexibility index (Phi) is 4.10. The van der Waals surface area contributed by atoms with Gasteiger partial charge >= 0.3 is 0 Å². The molecule has 0 spiro atoms. The van der Waals surface area contributed by atoms with Gasteiger partial charge in [0.15, 0.2) is 0 Å². The quantitative estimate of drug-likeness (QED) is 0.806. The van der Waals surface area contributed by atoms with E-state index in [1.165, 1.54) is 0 Å². The molecule has 0 aromatic heterocycles. The second-order valence-electron chi connectivity index (χ2n) is 3.84. The third kappa shape index (κ3) is 2.76. The molecule has 0 bridgehead atoms. The highest BCUT2D eigenvalue weighted by atomic mass is 16.3. The maximum absolute atomic E-state index is 9.90. The summed E-state index contributed by atoms with van der Waals surface area (Å²) in [4.78, 5) is 4.35. The van der Waals surface area contributed by atoms with Gasteiger partial charge in [0.2, 0.25) is 0 Å². The molecule has 3 heteroatoms. The Morgan fingerprint density at radius 1 is 0.944 bits per heavy atom. The van der Waals surface area contributed by atoms with E-state index in [2.05, 4.69) is 4.99 Å². The maximum Gasteiger partial charge on any atom is 0.124 e. The number of para-hydroxylation sites is 1. The van der Waals surface area contributed by atoms with E-state index in [-0.39, 0.29) is 12.4 Å². The van der Waals surface area contributed by atoms with Crippen LogP contribution in [0.3, 0.4) is 0 Å². The summed E-state index contributed by atoms with van der Waals surface area (Å²) in [5.41, 5.74) is 2.30. The van der Waals surface area contributed by atoms with Gasteiger partial charge < -0.3 is 10.2 Å². The zero-order chi connectivity index (χ0) is 12.8. The summed E-state index contributed by atoms with van der Waals surface area (Å²) in [5.74, 6) is 0.193. The first-order valence-corrected chi connectivity index (χ1v) is 5.82. The molecule has 18 heavy (non-hydrogen) atoms. The number of hydrogen-bond donors (Lipinski definition) is 2. The van der Waals surface area contributed by atoms with E-state index < -0.39 is 0 Å². The highest BCUT2D eigenvalue weighted by Crippen LogP contribution is 2.20. The van der Waals surface area contributed by atoms with Crippen LogP contribution in [0.25, 0.3) is 0 Å². The second-order valence-corrected chi connectivity index (χ2v) is 3.84. The van der Waals surface area contributed by atoms with Gasteiger partial charge in [0.1, 0.15) is 5.75 Å². The van der Waals surface area contributed by atoms with Crippen LogP contribution in [0.15, 0.2) is 59.6 Å². The first-order chi connectivity index (χ1) is 8.83. The van der Waals surface area contributed by atoms with Crippen molar-refractivity contribution in [2.45, 2.75) is 0 Å². The summed E-state index contributed by atoms with van der Waals surface area (Å²) >= 11 is 0. The van der Waals surface area contributed by atoms with Crippen LogP contribution in [0.4, 0.5) is 0 Å². The fourth-order valence-corrected chi connectivity index (χ4v) is 1.76. The monoisotopic (exact) mass is 241 g/mol. The van der Waals surface area contributed by atoms with E-state index in [0.717, 1.165) is 5.56 Å². The molecule has 0 heterocycles. The highest BCUT2D eigenvalue weighted by molar-refractivity contribution is 6.14. The SMILES string of the molecule is OCCN=C(c1ccccc1)c1ccccc1O. The average molecular weight is 241 g/mol. The van der Waals surface area contributed by atoms with Crippen LogP contribution in [0.2, 0.25) is 0 Å². The Morgan fingerprint density at radius 3 is 2.28 bits per heavy atom. The molecule has 2 aromatic carbocycles. The highest BCUT2D eigenvalue weighted by Gasteiger charge is 2.10. The van der Waals surface area contributed by atoms with Gasteiger partial charge in [0.25, 0.3) is 0 Å². The first kappa shape index (κ1) is 12.3. The zero-order valence-corrected chi connectivity index (χ0v) is 9.95. The molecule has 3 nitrogen and oxygen atoms in total. The van der Waals surface area contributed by atoms with Crippen molar-refractivity contribution >= 4 is 5.71 Å². The van der Waals surface area contributed by atoms with Gasteiger partial charge in [-0.25, -0.2) is 0 Å². The van der Waals surface area contributed by atoms with Crippen LogP contribution in [0, 0.1) is 0 Å². The van der Waals surface area contributed by atoms with Crippen LogP contribution < -0.4 is 0 Å². The lowest BCUT2D eigenvalue weighted by molar-refractivity contribution is 0.307. The lowest BCUT2D eigenvalue weighted by Crippen LogP contribution is -2.06. The third-order valence-corrected chi connectivity index (χ3v) is 2.58. The Labute approximate surface area is 106 Å². The molecule has 0 fully saturated rings. The fourth-order valence-electron chi connectivity index (χ4n) is 1.76. The normalized spacial score (nSPS) is 11.5. The maximum atomic E-state index is 9.90. The largest absolute Gasteiger partial charge is 0.507 e. The summed E-state index contributed by atoms with van der Waals surface area (Å²) in [5, 5.41) is 18.8. The average Bonchev–Trinajstić information content (AvgIpc) is 2.42. The molecule has 0 amide bonds. The number of aromatic hydroxyl groups is 1. The fraction of sp³-hybridized carbons (Fsp3) is 0.133. The van der Waals surface area contributed by atoms with E-state index in [1.807, 2.05) is 42.5 Å². The van der Waals surface area contributed by atoms with Crippen molar-refractivity contribution < 1.29 is 10.2 Å². The first-order valence-electron chi connectivity index (χ1n) is 5.82. The smallest absolute Gasteiger partial charge is 0.124 e. The number of aliphatic hydroxyl groups is 1. The van der Waals surface area contributed by atoms with E-state index in [1.54, 1.807) is 12.1 Å².